The van der Waals surface area contributed by atoms with Gasteiger partial charge in [0, 0.05) is 49.0 Å². The maximum absolute atomic E-state index is 13.3. The van der Waals surface area contributed by atoms with Crippen LogP contribution in [0.3, 0.4) is 0 Å². The fourth-order valence-corrected chi connectivity index (χ4v) is 4.67. The van der Waals surface area contributed by atoms with Crippen LogP contribution in [0.2, 0.25) is 0 Å². The first-order valence-corrected chi connectivity index (χ1v) is 11.4. The Bertz CT molecular complexity index is 1370. The second-order valence-electron chi connectivity index (χ2n) is 9.04. The molecular formula is C24H27N7O. The van der Waals surface area contributed by atoms with Crippen LogP contribution in [-0.2, 0) is 13.0 Å². The van der Waals surface area contributed by atoms with E-state index in [0.717, 1.165) is 49.5 Å². The SMILES string of the molecule is CC(C)n1c(=O)c2cnc(Nc3ccc4c(c3)CNCC4)cc2n1-c1nccn1C1CC1. The molecule has 8 nitrogen and oxygen atoms in total. The highest BCUT2D eigenvalue weighted by Crippen LogP contribution is 2.37. The number of imidazole rings is 1. The van der Waals surface area contributed by atoms with Crippen LogP contribution in [0, 0.1) is 0 Å². The number of aromatic nitrogens is 5. The summed E-state index contributed by atoms with van der Waals surface area (Å²) in [5.74, 6) is 1.49. The summed E-state index contributed by atoms with van der Waals surface area (Å²) < 4.78 is 5.92. The minimum absolute atomic E-state index is 0.0104. The van der Waals surface area contributed by atoms with Gasteiger partial charge in [0.1, 0.15) is 5.82 Å². The van der Waals surface area contributed by atoms with Gasteiger partial charge in [0.15, 0.2) is 0 Å². The summed E-state index contributed by atoms with van der Waals surface area (Å²) in [5.41, 5.74) is 4.48. The van der Waals surface area contributed by atoms with Crippen molar-refractivity contribution < 1.29 is 0 Å². The molecule has 0 spiro atoms. The van der Waals surface area contributed by atoms with Crippen LogP contribution in [-0.4, -0.2) is 30.4 Å². The molecule has 1 saturated carbocycles. The highest BCUT2D eigenvalue weighted by atomic mass is 16.1. The van der Waals surface area contributed by atoms with Crippen molar-refractivity contribution in [2.24, 2.45) is 0 Å². The lowest BCUT2D eigenvalue weighted by Crippen LogP contribution is -2.25. The van der Waals surface area contributed by atoms with Crippen molar-refractivity contribution >= 4 is 22.4 Å². The topological polar surface area (TPSA) is 81.7 Å². The monoisotopic (exact) mass is 429 g/mol. The molecule has 0 unspecified atom stereocenters. The predicted molar refractivity (Wildman–Crippen MR) is 125 cm³/mol. The number of pyridine rings is 1. The molecule has 0 bridgehead atoms. The second-order valence-corrected chi connectivity index (χ2v) is 9.04. The lowest BCUT2D eigenvalue weighted by molar-refractivity contribution is 0.460. The molecular weight excluding hydrogens is 402 g/mol. The number of hydrogen-bond acceptors (Lipinski definition) is 5. The van der Waals surface area contributed by atoms with E-state index in [4.69, 9.17) is 0 Å². The molecule has 1 aliphatic heterocycles. The van der Waals surface area contributed by atoms with Crippen molar-refractivity contribution in [3.05, 3.63) is 64.3 Å². The fourth-order valence-electron chi connectivity index (χ4n) is 4.67. The van der Waals surface area contributed by atoms with E-state index in [1.165, 1.54) is 11.1 Å². The molecule has 2 aliphatic rings. The first-order valence-electron chi connectivity index (χ1n) is 11.4. The van der Waals surface area contributed by atoms with E-state index in [1.807, 2.05) is 37.0 Å². The van der Waals surface area contributed by atoms with Crippen LogP contribution in [0.1, 0.15) is 49.9 Å². The molecule has 0 radical (unpaired) electrons. The lowest BCUT2D eigenvalue weighted by atomic mass is 10.0. The van der Waals surface area contributed by atoms with Crippen LogP contribution in [0.25, 0.3) is 16.9 Å². The van der Waals surface area contributed by atoms with E-state index in [-0.39, 0.29) is 11.6 Å². The second kappa shape index (κ2) is 7.34. The van der Waals surface area contributed by atoms with E-state index in [9.17, 15) is 4.79 Å². The third-order valence-electron chi connectivity index (χ3n) is 6.40. The van der Waals surface area contributed by atoms with E-state index in [2.05, 4.69) is 43.4 Å². The normalized spacial score (nSPS) is 16.0. The molecule has 3 aromatic heterocycles. The third-order valence-corrected chi connectivity index (χ3v) is 6.40. The van der Waals surface area contributed by atoms with Crippen molar-refractivity contribution in [2.45, 2.75) is 51.7 Å². The van der Waals surface area contributed by atoms with Gasteiger partial charge in [-0.05, 0) is 62.9 Å². The highest BCUT2D eigenvalue weighted by Gasteiger charge is 2.28. The summed E-state index contributed by atoms with van der Waals surface area (Å²) in [6.45, 7) is 5.96. The molecule has 164 valence electrons. The Morgan fingerprint density at radius 1 is 1.16 bits per heavy atom. The summed E-state index contributed by atoms with van der Waals surface area (Å²) in [4.78, 5) is 22.4. The minimum atomic E-state index is -0.0424. The Balaban J connectivity index is 1.47. The van der Waals surface area contributed by atoms with Gasteiger partial charge in [-0.15, -0.1) is 0 Å². The molecule has 4 aromatic rings. The smallest absolute Gasteiger partial charge is 0.276 e. The molecule has 2 N–H and O–H groups in total. The maximum Gasteiger partial charge on any atom is 0.276 e. The summed E-state index contributed by atoms with van der Waals surface area (Å²) in [7, 11) is 0. The number of nitrogens with zero attached hydrogens (tertiary/aromatic N) is 5. The van der Waals surface area contributed by atoms with Crippen molar-refractivity contribution in [2.75, 3.05) is 11.9 Å². The zero-order valence-electron chi connectivity index (χ0n) is 18.4. The van der Waals surface area contributed by atoms with Gasteiger partial charge < -0.3 is 15.2 Å². The van der Waals surface area contributed by atoms with Gasteiger partial charge in [-0.1, -0.05) is 6.07 Å². The zero-order valence-corrected chi connectivity index (χ0v) is 18.4. The molecule has 6 rings (SSSR count). The lowest BCUT2D eigenvalue weighted by Gasteiger charge is -2.18. The number of nitrogens with one attached hydrogen (secondary N) is 2. The highest BCUT2D eigenvalue weighted by molar-refractivity contribution is 5.82. The van der Waals surface area contributed by atoms with Gasteiger partial charge in [-0.25, -0.2) is 19.3 Å². The molecule has 4 heterocycles. The quantitative estimate of drug-likeness (QED) is 0.506. The summed E-state index contributed by atoms with van der Waals surface area (Å²) in [6, 6.07) is 8.88. The molecule has 8 heteroatoms. The van der Waals surface area contributed by atoms with Crippen molar-refractivity contribution in [1.29, 1.82) is 0 Å². The van der Waals surface area contributed by atoms with E-state index >= 15 is 0 Å². The standard InChI is InChI=1S/C24H27N7O/c1-15(2)30-23(32)20-14-27-22(28-18-4-3-16-7-8-25-13-17(16)11-18)12-21(20)31(30)24-26-9-10-29(24)19-5-6-19/h3-4,9-12,14-15,19,25H,5-8,13H2,1-2H3,(H,27,28). The van der Waals surface area contributed by atoms with Gasteiger partial charge in [-0.3, -0.25) is 4.79 Å². The number of benzene rings is 1. The van der Waals surface area contributed by atoms with Gasteiger partial charge in [-0.2, -0.15) is 0 Å². The Labute approximate surface area is 185 Å². The summed E-state index contributed by atoms with van der Waals surface area (Å²) in [5, 5.41) is 7.46. The van der Waals surface area contributed by atoms with Crippen LogP contribution >= 0.6 is 0 Å². The van der Waals surface area contributed by atoms with E-state index < -0.39 is 0 Å². The summed E-state index contributed by atoms with van der Waals surface area (Å²) in [6.07, 6.45) is 8.86. The molecule has 1 aromatic carbocycles. The first kappa shape index (κ1) is 19.3. The van der Waals surface area contributed by atoms with E-state index in [1.54, 1.807) is 10.9 Å². The number of anilines is 2. The Kier molecular flexibility index (Phi) is 4.43. The zero-order chi connectivity index (χ0) is 21.8. The predicted octanol–water partition coefficient (Wildman–Crippen LogP) is 3.69. The Hall–Kier alpha value is -3.39. The van der Waals surface area contributed by atoms with Crippen molar-refractivity contribution in [1.82, 2.24) is 29.2 Å². The summed E-state index contributed by atoms with van der Waals surface area (Å²) >= 11 is 0. The molecule has 1 fully saturated rings. The van der Waals surface area contributed by atoms with Crippen LogP contribution < -0.4 is 16.2 Å². The van der Waals surface area contributed by atoms with Gasteiger partial charge >= 0.3 is 0 Å². The molecule has 1 aliphatic carbocycles. The Morgan fingerprint density at radius 2 is 2.03 bits per heavy atom. The Morgan fingerprint density at radius 3 is 2.84 bits per heavy atom. The van der Waals surface area contributed by atoms with Crippen molar-refractivity contribution in [3.8, 4) is 5.95 Å². The van der Waals surface area contributed by atoms with Crippen LogP contribution in [0.4, 0.5) is 11.5 Å². The average Bonchev–Trinajstić information content (AvgIpc) is 3.45. The van der Waals surface area contributed by atoms with E-state index in [0.29, 0.717) is 17.2 Å². The largest absolute Gasteiger partial charge is 0.340 e. The third kappa shape index (κ3) is 3.14. The molecule has 0 atom stereocenters. The molecule has 0 saturated heterocycles. The number of rotatable bonds is 5. The van der Waals surface area contributed by atoms with Crippen LogP contribution in [0.5, 0.6) is 0 Å². The maximum atomic E-state index is 13.3. The van der Waals surface area contributed by atoms with Gasteiger partial charge in [0.2, 0.25) is 5.95 Å². The van der Waals surface area contributed by atoms with Gasteiger partial charge in [0.25, 0.3) is 5.56 Å². The number of hydrogen-bond donors (Lipinski definition) is 2. The first-order chi connectivity index (χ1) is 15.6. The average molecular weight is 430 g/mol. The number of fused-ring (bicyclic) bond motifs is 2. The molecule has 32 heavy (non-hydrogen) atoms. The fraction of sp³-hybridized carbons (Fsp3) is 0.375. The minimum Gasteiger partial charge on any atom is -0.340 e. The van der Waals surface area contributed by atoms with Crippen LogP contribution in [0.15, 0.2) is 47.7 Å². The van der Waals surface area contributed by atoms with Crippen molar-refractivity contribution in [3.63, 3.8) is 0 Å². The van der Waals surface area contributed by atoms with Gasteiger partial charge in [0.05, 0.1) is 10.9 Å². The molecule has 0 amide bonds.